The molecule has 0 aliphatic carbocycles. The molecule has 13 heteroatoms. The number of hydrogen-bond acceptors (Lipinski definition) is 12. The van der Waals surface area contributed by atoms with E-state index in [-0.39, 0.29) is 22.3 Å². The zero-order valence-electron chi connectivity index (χ0n) is 27.2. The van der Waals surface area contributed by atoms with Crippen molar-refractivity contribution in [2.24, 2.45) is 17.2 Å². The highest BCUT2D eigenvalue weighted by Gasteiger charge is 2.41. The van der Waals surface area contributed by atoms with Crippen LogP contribution >= 0.6 is 12.6 Å². The number of nitrogens with zero attached hydrogens (tertiary/aromatic N) is 1. The molecular weight excluding hydrogens is 588 g/mol. The third kappa shape index (κ3) is 21.3. The van der Waals surface area contributed by atoms with Crippen LogP contribution in [0.15, 0.2) is 0 Å². The number of Topliss-reactive ketones (excluding diaryl/α,β-unsaturated/α-hetero) is 3. The maximum Gasteiger partial charge on any atom is 0.222 e. The number of ether oxygens (including phenoxy) is 3. The molecule has 0 saturated carbocycles. The zero-order valence-corrected chi connectivity index (χ0v) is 28.1. The van der Waals surface area contributed by atoms with E-state index in [4.69, 9.17) is 31.4 Å². The highest BCUT2D eigenvalue weighted by atomic mass is 32.1. The summed E-state index contributed by atoms with van der Waals surface area (Å²) in [5.41, 5.74) is 15.7. The van der Waals surface area contributed by atoms with Gasteiger partial charge in [-0.2, -0.15) is 12.6 Å². The van der Waals surface area contributed by atoms with E-state index in [0.29, 0.717) is 122 Å². The van der Waals surface area contributed by atoms with Crippen LogP contribution in [-0.4, -0.2) is 91.3 Å². The number of ketones is 3. The van der Waals surface area contributed by atoms with Crippen LogP contribution in [0.4, 0.5) is 0 Å². The van der Waals surface area contributed by atoms with Crippen molar-refractivity contribution < 1.29 is 33.5 Å². The Bertz CT molecular complexity index is 765. The summed E-state index contributed by atoms with van der Waals surface area (Å²) in [6.45, 7) is 6.09. The van der Waals surface area contributed by atoms with Crippen LogP contribution in [0.3, 0.4) is 0 Å². The third-order valence-electron chi connectivity index (χ3n) is 7.69. The number of unbranched alkanes of at least 4 members (excludes halogenated alkanes) is 3. The van der Waals surface area contributed by atoms with Crippen molar-refractivity contribution in [3.8, 4) is 0 Å². The summed E-state index contributed by atoms with van der Waals surface area (Å²) in [7, 11) is 0. The van der Waals surface area contributed by atoms with Gasteiger partial charge in [-0.05, 0) is 71.6 Å². The van der Waals surface area contributed by atoms with Gasteiger partial charge in [-0.3, -0.25) is 24.5 Å². The van der Waals surface area contributed by atoms with Gasteiger partial charge in [-0.25, -0.2) is 0 Å². The summed E-state index contributed by atoms with van der Waals surface area (Å²) in [6, 6.07) is -1.43. The van der Waals surface area contributed by atoms with Crippen molar-refractivity contribution in [2.75, 3.05) is 45.4 Å². The minimum atomic E-state index is -1.10. The van der Waals surface area contributed by atoms with Crippen molar-refractivity contribution in [3.05, 3.63) is 10.1 Å². The van der Waals surface area contributed by atoms with E-state index in [2.05, 4.69) is 12.6 Å². The van der Waals surface area contributed by atoms with Gasteiger partial charge in [0.15, 0.2) is 0 Å². The largest absolute Gasteiger partial charge is 0.381 e. The molecule has 0 radical (unpaired) electrons. The molecule has 258 valence electrons. The summed E-state index contributed by atoms with van der Waals surface area (Å²) in [5, 5.41) is 12.4. The standard InChI is InChI=1S/C31H60N4O8S/c1-25(32)28(36)12-3-6-18-41-21-9-15-31(35(39)40,16-10-22-42-19-7-4-13-29(37)26(2)33)17-11-23-43-20-8-5-14-30(38)27(34)24-44/h25-27,44H,3-24,32-34H2,1-2H3. The Morgan fingerprint density at radius 2 is 0.955 bits per heavy atom. The SMILES string of the molecule is CC(N)C(=O)CCCCOCCCC(CCCOCCCCC(=O)C(C)N)(CCCOCCCCC(=O)C(N)CS)[N+](=O)[O-]. The highest BCUT2D eigenvalue weighted by molar-refractivity contribution is 7.80. The lowest BCUT2D eigenvalue weighted by molar-refractivity contribution is -0.574. The lowest BCUT2D eigenvalue weighted by atomic mass is 9.84. The quantitative estimate of drug-likeness (QED) is 0.0360. The summed E-state index contributed by atoms with van der Waals surface area (Å²) in [6.07, 6.45) is 8.38. The Hall–Kier alpha value is -1.48. The first-order valence-electron chi connectivity index (χ1n) is 16.3. The van der Waals surface area contributed by atoms with Crippen LogP contribution in [0.2, 0.25) is 0 Å². The second-order valence-corrected chi connectivity index (χ2v) is 12.1. The van der Waals surface area contributed by atoms with Gasteiger partial charge >= 0.3 is 0 Å². The minimum Gasteiger partial charge on any atom is -0.381 e. The van der Waals surface area contributed by atoms with E-state index in [1.165, 1.54) is 0 Å². The van der Waals surface area contributed by atoms with Gasteiger partial charge in [0.2, 0.25) is 5.54 Å². The fourth-order valence-corrected chi connectivity index (χ4v) is 4.92. The number of rotatable bonds is 32. The number of nitrogens with two attached hydrogens (primary N) is 3. The molecule has 0 spiro atoms. The van der Waals surface area contributed by atoms with Crippen LogP contribution in [0.25, 0.3) is 0 Å². The molecule has 0 heterocycles. The lowest BCUT2D eigenvalue weighted by Crippen LogP contribution is -2.39. The fourth-order valence-electron chi connectivity index (χ4n) is 4.72. The van der Waals surface area contributed by atoms with E-state index in [9.17, 15) is 24.5 Å². The Kier molecular flexibility index (Phi) is 25.8. The first-order valence-corrected chi connectivity index (χ1v) is 16.9. The number of carbonyl (C=O) groups excluding carboxylic acids is 3. The molecule has 3 unspecified atom stereocenters. The van der Waals surface area contributed by atoms with Gasteiger partial charge in [0, 0.05) is 88.8 Å². The molecule has 0 aliphatic heterocycles. The monoisotopic (exact) mass is 648 g/mol. The predicted molar refractivity (Wildman–Crippen MR) is 176 cm³/mol. The summed E-state index contributed by atoms with van der Waals surface area (Å²) < 4.78 is 17.1. The van der Waals surface area contributed by atoms with Crippen LogP contribution in [0.5, 0.6) is 0 Å². The molecule has 6 N–H and O–H groups in total. The maximum absolute atomic E-state index is 12.4. The summed E-state index contributed by atoms with van der Waals surface area (Å²) >= 11 is 4.05. The Labute approximate surface area is 269 Å². The first-order chi connectivity index (χ1) is 21.0. The average Bonchev–Trinajstić information content (AvgIpc) is 2.99. The van der Waals surface area contributed by atoms with E-state index in [0.717, 1.165) is 19.3 Å². The molecular formula is C31H60N4O8S. The van der Waals surface area contributed by atoms with Gasteiger partial charge in [0.1, 0.15) is 17.3 Å². The van der Waals surface area contributed by atoms with Crippen molar-refractivity contribution in [3.63, 3.8) is 0 Å². The van der Waals surface area contributed by atoms with Gasteiger partial charge < -0.3 is 31.4 Å². The van der Waals surface area contributed by atoms with Gasteiger partial charge in [-0.1, -0.05) is 0 Å². The Morgan fingerprint density at radius 1 is 0.636 bits per heavy atom. The van der Waals surface area contributed by atoms with Crippen LogP contribution in [0.1, 0.15) is 110 Å². The molecule has 0 aliphatic rings. The Balaban J connectivity index is 4.62. The molecule has 0 aromatic carbocycles. The smallest absolute Gasteiger partial charge is 0.222 e. The predicted octanol–water partition coefficient (Wildman–Crippen LogP) is 3.56. The second-order valence-electron chi connectivity index (χ2n) is 11.8. The fraction of sp³-hybridized carbons (Fsp3) is 0.903. The number of nitro groups is 1. The second kappa shape index (κ2) is 26.7. The normalized spacial score (nSPS) is 15.0. The molecule has 0 bridgehead atoms. The molecule has 0 amide bonds. The topological polar surface area (TPSA) is 200 Å². The molecule has 44 heavy (non-hydrogen) atoms. The van der Waals surface area contributed by atoms with Crippen molar-refractivity contribution >= 4 is 30.0 Å². The molecule has 0 saturated heterocycles. The first kappa shape index (κ1) is 42.5. The molecule has 0 aromatic rings. The number of thiol groups is 1. The highest BCUT2D eigenvalue weighted by Crippen LogP contribution is 2.29. The van der Waals surface area contributed by atoms with Crippen molar-refractivity contribution in [1.29, 1.82) is 0 Å². The number of hydrogen-bond donors (Lipinski definition) is 4. The molecule has 3 atom stereocenters. The van der Waals surface area contributed by atoms with Gasteiger partial charge in [-0.15, -0.1) is 0 Å². The molecule has 0 aromatic heterocycles. The van der Waals surface area contributed by atoms with Gasteiger partial charge in [0.25, 0.3) is 0 Å². The summed E-state index contributed by atoms with van der Waals surface area (Å²) in [5.74, 6) is 0.402. The third-order valence-corrected chi connectivity index (χ3v) is 8.08. The maximum atomic E-state index is 12.4. The van der Waals surface area contributed by atoms with Gasteiger partial charge in [0.05, 0.1) is 18.1 Å². The molecule has 0 rings (SSSR count). The van der Waals surface area contributed by atoms with E-state index >= 15 is 0 Å². The van der Waals surface area contributed by atoms with Crippen LogP contribution in [0, 0.1) is 10.1 Å². The minimum absolute atomic E-state index is 0.00335. The number of carbonyl (C=O) groups is 3. The molecule has 0 fully saturated rings. The van der Waals surface area contributed by atoms with E-state index in [1.807, 2.05) is 0 Å². The average molecular weight is 649 g/mol. The lowest BCUT2D eigenvalue weighted by Gasteiger charge is -2.26. The Morgan fingerprint density at radius 3 is 1.25 bits per heavy atom. The summed E-state index contributed by atoms with van der Waals surface area (Å²) in [4.78, 5) is 47.3. The molecule has 12 nitrogen and oxygen atoms in total. The van der Waals surface area contributed by atoms with Crippen molar-refractivity contribution in [1.82, 2.24) is 0 Å². The van der Waals surface area contributed by atoms with Crippen molar-refractivity contribution in [2.45, 2.75) is 134 Å². The van der Waals surface area contributed by atoms with Crippen LogP contribution < -0.4 is 17.2 Å². The van der Waals surface area contributed by atoms with E-state index < -0.39 is 23.7 Å². The van der Waals surface area contributed by atoms with Crippen LogP contribution in [-0.2, 0) is 28.6 Å². The zero-order chi connectivity index (χ0) is 33.2. The van der Waals surface area contributed by atoms with E-state index in [1.54, 1.807) is 13.8 Å².